The molecule has 2 heteroatoms. The summed E-state index contributed by atoms with van der Waals surface area (Å²) < 4.78 is 5.37. The maximum Gasteiger partial charge on any atom is 0.105 e. The summed E-state index contributed by atoms with van der Waals surface area (Å²) in [4.78, 5) is 0. The molecule has 0 aromatic carbocycles. The molecule has 1 atom stereocenters. The first-order chi connectivity index (χ1) is 8.24. The lowest BCUT2D eigenvalue weighted by Crippen LogP contribution is -2.33. The summed E-state index contributed by atoms with van der Waals surface area (Å²) >= 11 is 0. The molecule has 2 nitrogen and oxygen atoms in total. The highest BCUT2D eigenvalue weighted by Crippen LogP contribution is 2.27. The molecule has 0 amide bonds. The Morgan fingerprint density at radius 1 is 1.35 bits per heavy atom. The van der Waals surface area contributed by atoms with Crippen molar-refractivity contribution in [3.05, 3.63) is 24.2 Å². The van der Waals surface area contributed by atoms with Gasteiger partial charge in [0.1, 0.15) is 5.76 Å². The minimum absolute atomic E-state index is 0.514. The summed E-state index contributed by atoms with van der Waals surface area (Å²) in [6.07, 6.45) is 8.39. The van der Waals surface area contributed by atoms with Crippen molar-refractivity contribution in [2.75, 3.05) is 6.54 Å². The first kappa shape index (κ1) is 12.7. The van der Waals surface area contributed by atoms with E-state index in [1.807, 2.05) is 6.07 Å². The van der Waals surface area contributed by atoms with Crippen LogP contribution >= 0.6 is 0 Å². The molecule has 0 aliphatic heterocycles. The Labute approximate surface area is 105 Å². The van der Waals surface area contributed by atoms with Gasteiger partial charge in [0.05, 0.1) is 6.26 Å². The van der Waals surface area contributed by atoms with Crippen molar-refractivity contribution in [2.24, 2.45) is 11.8 Å². The number of hydrogen-bond donors (Lipinski definition) is 1. The van der Waals surface area contributed by atoms with E-state index in [0.717, 1.165) is 24.0 Å². The molecule has 0 bridgehead atoms. The molecule has 17 heavy (non-hydrogen) atoms. The molecule has 1 heterocycles. The fourth-order valence-electron chi connectivity index (χ4n) is 2.70. The van der Waals surface area contributed by atoms with Crippen LogP contribution in [0.3, 0.4) is 0 Å². The maximum absolute atomic E-state index is 5.37. The average Bonchev–Trinajstić information content (AvgIpc) is 2.81. The van der Waals surface area contributed by atoms with Gasteiger partial charge in [0.25, 0.3) is 0 Å². The summed E-state index contributed by atoms with van der Waals surface area (Å²) in [6, 6.07) is 4.53. The number of hydrogen-bond acceptors (Lipinski definition) is 2. The van der Waals surface area contributed by atoms with Gasteiger partial charge >= 0.3 is 0 Å². The largest absolute Gasteiger partial charge is 0.469 e. The Hall–Kier alpha value is -0.760. The Morgan fingerprint density at radius 3 is 2.76 bits per heavy atom. The predicted molar refractivity (Wildman–Crippen MR) is 71.0 cm³/mol. The Kier molecular flexibility index (Phi) is 4.66. The van der Waals surface area contributed by atoms with Crippen LogP contribution in [0.25, 0.3) is 0 Å². The van der Waals surface area contributed by atoms with E-state index in [4.69, 9.17) is 4.42 Å². The van der Waals surface area contributed by atoms with Crippen molar-refractivity contribution in [1.82, 2.24) is 5.32 Å². The zero-order valence-corrected chi connectivity index (χ0v) is 11.1. The van der Waals surface area contributed by atoms with Crippen LogP contribution in [0.4, 0.5) is 0 Å². The van der Waals surface area contributed by atoms with E-state index in [2.05, 4.69) is 25.2 Å². The quantitative estimate of drug-likeness (QED) is 0.843. The van der Waals surface area contributed by atoms with E-state index in [1.165, 1.54) is 32.2 Å². The molecule has 1 fully saturated rings. The van der Waals surface area contributed by atoms with Crippen molar-refractivity contribution >= 4 is 0 Å². The van der Waals surface area contributed by atoms with Gasteiger partial charge in [-0.25, -0.2) is 0 Å². The summed E-state index contributed by atoms with van der Waals surface area (Å²) in [5, 5.41) is 3.65. The van der Waals surface area contributed by atoms with Crippen LogP contribution in [0, 0.1) is 11.8 Å². The second-order valence-electron chi connectivity index (χ2n) is 5.72. The summed E-state index contributed by atoms with van der Waals surface area (Å²) in [5.74, 6) is 2.93. The molecule has 1 aliphatic rings. The Morgan fingerprint density at radius 2 is 2.12 bits per heavy atom. The molecule has 1 aliphatic carbocycles. The molecule has 1 N–H and O–H groups in total. The van der Waals surface area contributed by atoms with Crippen LogP contribution in [-0.4, -0.2) is 12.6 Å². The van der Waals surface area contributed by atoms with Crippen molar-refractivity contribution < 1.29 is 4.42 Å². The molecule has 0 radical (unpaired) electrons. The third-order valence-electron chi connectivity index (χ3n) is 3.98. The molecular weight excluding hydrogens is 210 g/mol. The molecule has 1 aromatic heterocycles. The molecule has 0 spiro atoms. The SMILES string of the molecule is CC1CCC(CNC(C)Cc2ccco2)CC1. The van der Waals surface area contributed by atoms with Gasteiger partial charge in [0.2, 0.25) is 0 Å². The maximum atomic E-state index is 5.37. The Balaban J connectivity index is 1.64. The van der Waals surface area contributed by atoms with Crippen LogP contribution in [0.5, 0.6) is 0 Å². The zero-order valence-electron chi connectivity index (χ0n) is 11.1. The van der Waals surface area contributed by atoms with Gasteiger partial charge in [-0.15, -0.1) is 0 Å². The molecular formula is C15H25NO. The normalized spacial score (nSPS) is 26.9. The highest BCUT2D eigenvalue weighted by molar-refractivity contribution is 4.99. The highest BCUT2D eigenvalue weighted by Gasteiger charge is 2.18. The third kappa shape index (κ3) is 4.19. The topological polar surface area (TPSA) is 25.2 Å². The van der Waals surface area contributed by atoms with Crippen LogP contribution in [-0.2, 0) is 6.42 Å². The van der Waals surface area contributed by atoms with Gasteiger partial charge in [-0.05, 0) is 50.3 Å². The summed E-state index contributed by atoms with van der Waals surface area (Å²) in [7, 11) is 0. The second kappa shape index (κ2) is 6.25. The van der Waals surface area contributed by atoms with E-state index in [0.29, 0.717) is 6.04 Å². The van der Waals surface area contributed by atoms with E-state index in [9.17, 15) is 0 Å². The second-order valence-corrected chi connectivity index (χ2v) is 5.72. The van der Waals surface area contributed by atoms with Crippen LogP contribution in [0.2, 0.25) is 0 Å². The summed E-state index contributed by atoms with van der Waals surface area (Å²) in [5.41, 5.74) is 0. The first-order valence-corrected chi connectivity index (χ1v) is 7.00. The van der Waals surface area contributed by atoms with E-state index >= 15 is 0 Å². The Bertz CT molecular complexity index is 299. The van der Waals surface area contributed by atoms with E-state index in [1.54, 1.807) is 6.26 Å². The van der Waals surface area contributed by atoms with E-state index in [-0.39, 0.29) is 0 Å². The molecule has 1 aromatic rings. The van der Waals surface area contributed by atoms with Gasteiger partial charge in [-0.2, -0.15) is 0 Å². The predicted octanol–water partition coefficient (Wildman–Crippen LogP) is 3.63. The van der Waals surface area contributed by atoms with Gasteiger partial charge in [-0.3, -0.25) is 0 Å². The number of furan rings is 1. The first-order valence-electron chi connectivity index (χ1n) is 7.00. The average molecular weight is 235 g/mol. The van der Waals surface area contributed by atoms with Crippen molar-refractivity contribution in [1.29, 1.82) is 0 Å². The molecule has 1 unspecified atom stereocenters. The minimum atomic E-state index is 0.514. The van der Waals surface area contributed by atoms with Gasteiger partial charge < -0.3 is 9.73 Å². The van der Waals surface area contributed by atoms with Crippen molar-refractivity contribution in [3.8, 4) is 0 Å². The molecule has 1 saturated carbocycles. The standard InChI is InChI=1S/C15H25NO/c1-12-5-7-14(8-6-12)11-16-13(2)10-15-4-3-9-17-15/h3-4,9,12-14,16H,5-8,10-11H2,1-2H3. The zero-order chi connectivity index (χ0) is 12.1. The van der Waals surface area contributed by atoms with Gasteiger partial charge in [0, 0.05) is 12.5 Å². The number of rotatable bonds is 5. The van der Waals surface area contributed by atoms with Crippen LogP contribution in [0.15, 0.2) is 22.8 Å². The van der Waals surface area contributed by atoms with Crippen LogP contribution in [0.1, 0.15) is 45.3 Å². The fraction of sp³-hybridized carbons (Fsp3) is 0.733. The van der Waals surface area contributed by atoms with Crippen molar-refractivity contribution in [2.45, 2.75) is 52.0 Å². The smallest absolute Gasteiger partial charge is 0.105 e. The third-order valence-corrected chi connectivity index (χ3v) is 3.98. The van der Waals surface area contributed by atoms with Gasteiger partial charge in [0.15, 0.2) is 0 Å². The highest BCUT2D eigenvalue weighted by atomic mass is 16.3. The lowest BCUT2D eigenvalue weighted by molar-refractivity contribution is 0.274. The minimum Gasteiger partial charge on any atom is -0.469 e. The number of nitrogens with one attached hydrogen (secondary N) is 1. The molecule has 2 rings (SSSR count). The lowest BCUT2D eigenvalue weighted by Gasteiger charge is -2.27. The fourth-order valence-corrected chi connectivity index (χ4v) is 2.70. The van der Waals surface area contributed by atoms with Crippen molar-refractivity contribution in [3.63, 3.8) is 0 Å². The monoisotopic (exact) mass is 235 g/mol. The molecule has 0 saturated heterocycles. The van der Waals surface area contributed by atoms with Gasteiger partial charge in [-0.1, -0.05) is 19.8 Å². The molecule has 96 valence electrons. The van der Waals surface area contributed by atoms with Crippen LogP contribution < -0.4 is 5.32 Å². The van der Waals surface area contributed by atoms with E-state index < -0.39 is 0 Å². The summed E-state index contributed by atoms with van der Waals surface area (Å²) in [6.45, 7) is 5.80. The lowest BCUT2D eigenvalue weighted by atomic mass is 9.83.